The van der Waals surface area contributed by atoms with Gasteiger partial charge in [0.15, 0.2) is 6.61 Å². The van der Waals surface area contributed by atoms with Crippen LogP contribution in [0.5, 0.6) is 0 Å². The van der Waals surface area contributed by atoms with Gasteiger partial charge in [0, 0.05) is 22.4 Å². The van der Waals surface area contributed by atoms with E-state index in [4.69, 9.17) is 16.3 Å². The van der Waals surface area contributed by atoms with Crippen LogP contribution in [-0.4, -0.2) is 47.1 Å². The molecule has 1 aliphatic heterocycles. The van der Waals surface area contributed by atoms with E-state index in [1.165, 1.54) is 24.3 Å². The van der Waals surface area contributed by atoms with Crippen LogP contribution in [0, 0.1) is 17.8 Å². The molecule has 1 heterocycles. The summed E-state index contributed by atoms with van der Waals surface area (Å²) in [5.74, 6) is -4.91. The van der Waals surface area contributed by atoms with Gasteiger partial charge in [0.25, 0.3) is 11.8 Å². The van der Waals surface area contributed by atoms with E-state index in [0.717, 1.165) is 27.2 Å². The topological polar surface area (TPSA) is 122 Å². The zero-order valence-electron chi connectivity index (χ0n) is 23.6. The van der Waals surface area contributed by atoms with Gasteiger partial charge in [0.2, 0.25) is 11.8 Å². The fourth-order valence-corrected chi connectivity index (χ4v) is 6.96. The lowest BCUT2D eigenvalue weighted by Crippen LogP contribution is -2.48. The molecule has 0 saturated carbocycles. The number of carbonyl (C=O) groups is 5. The molecule has 4 amide bonds. The normalized spacial score (nSPS) is 22.0. The Hall–Kier alpha value is -4.50. The SMILES string of the molecule is CC(C)C[C@@H](C(=O)OCC(=O)NNC(=O)c1ccc(Cl)cc1)N1C(=O)[C@@H]2C3c4ccccc4C(c4ccccc43)[C@@H]2C1=O. The van der Waals surface area contributed by atoms with E-state index in [-0.39, 0.29) is 29.7 Å². The largest absolute Gasteiger partial charge is 0.454 e. The number of hydrogen-bond donors (Lipinski definition) is 2. The fraction of sp³-hybridized carbons (Fsp3) is 0.303. The second-order valence-electron chi connectivity index (χ2n) is 11.6. The summed E-state index contributed by atoms with van der Waals surface area (Å²) in [6.45, 7) is 3.05. The smallest absolute Gasteiger partial charge is 0.329 e. The third-order valence-electron chi connectivity index (χ3n) is 8.53. The van der Waals surface area contributed by atoms with E-state index in [1.807, 2.05) is 62.4 Å². The summed E-state index contributed by atoms with van der Waals surface area (Å²) in [4.78, 5) is 67.4. The van der Waals surface area contributed by atoms with Crippen LogP contribution >= 0.6 is 11.6 Å². The minimum absolute atomic E-state index is 0.0561. The van der Waals surface area contributed by atoms with Crippen molar-refractivity contribution in [1.82, 2.24) is 15.8 Å². The van der Waals surface area contributed by atoms with Gasteiger partial charge in [-0.3, -0.25) is 34.9 Å². The molecule has 3 aliphatic carbocycles. The van der Waals surface area contributed by atoms with Crippen LogP contribution in [0.25, 0.3) is 0 Å². The van der Waals surface area contributed by atoms with Crippen LogP contribution in [0.15, 0.2) is 72.8 Å². The van der Waals surface area contributed by atoms with Crippen molar-refractivity contribution >= 4 is 41.2 Å². The maximum atomic E-state index is 14.1. The molecule has 220 valence electrons. The number of benzene rings is 3. The first-order valence-corrected chi connectivity index (χ1v) is 14.6. The summed E-state index contributed by atoms with van der Waals surface area (Å²) in [7, 11) is 0. The van der Waals surface area contributed by atoms with Crippen molar-refractivity contribution in [3.63, 3.8) is 0 Å². The lowest BCUT2D eigenvalue weighted by atomic mass is 9.55. The van der Waals surface area contributed by atoms with Crippen LogP contribution in [0.2, 0.25) is 5.02 Å². The Morgan fingerprint density at radius 2 is 1.28 bits per heavy atom. The molecule has 1 fully saturated rings. The van der Waals surface area contributed by atoms with Crippen molar-refractivity contribution in [3.8, 4) is 0 Å². The summed E-state index contributed by atoms with van der Waals surface area (Å²) < 4.78 is 5.31. The fourth-order valence-electron chi connectivity index (χ4n) is 6.83. The average molecular weight is 600 g/mol. The number of hydrazine groups is 1. The van der Waals surface area contributed by atoms with Gasteiger partial charge in [0.1, 0.15) is 6.04 Å². The number of halogens is 1. The molecule has 0 unspecified atom stereocenters. The maximum absolute atomic E-state index is 14.1. The number of nitrogens with zero attached hydrogens (tertiary/aromatic N) is 1. The maximum Gasteiger partial charge on any atom is 0.329 e. The van der Waals surface area contributed by atoms with Crippen LogP contribution < -0.4 is 10.9 Å². The summed E-state index contributed by atoms with van der Waals surface area (Å²) >= 11 is 5.84. The highest BCUT2D eigenvalue weighted by Gasteiger charge is 2.63. The number of carbonyl (C=O) groups excluding carboxylic acids is 5. The number of hydrogen-bond acceptors (Lipinski definition) is 6. The van der Waals surface area contributed by atoms with Crippen LogP contribution in [-0.2, 0) is 23.9 Å². The number of ether oxygens (including phenoxy) is 1. The zero-order chi connectivity index (χ0) is 30.4. The first kappa shape index (κ1) is 28.6. The highest BCUT2D eigenvalue weighted by atomic mass is 35.5. The Balaban J connectivity index is 1.19. The van der Waals surface area contributed by atoms with Crippen molar-refractivity contribution in [1.29, 1.82) is 0 Å². The predicted molar refractivity (Wildman–Crippen MR) is 157 cm³/mol. The Bertz CT molecular complexity index is 1520. The second-order valence-corrected chi connectivity index (χ2v) is 12.0. The molecule has 1 saturated heterocycles. The molecule has 9 nitrogen and oxygen atoms in total. The number of likely N-dealkylation sites (tertiary alicyclic amines) is 1. The van der Waals surface area contributed by atoms with Crippen molar-refractivity contribution in [2.75, 3.05) is 6.61 Å². The Morgan fingerprint density at radius 1 is 0.791 bits per heavy atom. The van der Waals surface area contributed by atoms with Gasteiger partial charge in [-0.2, -0.15) is 0 Å². The monoisotopic (exact) mass is 599 g/mol. The van der Waals surface area contributed by atoms with Crippen molar-refractivity contribution in [3.05, 3.63) is 106 Å². The molecule has 0 spiro atoms. The molecule has 4 aliphatic rings. The number of nitrogens with one attached hydrogen (secondary N) is 2. The molecule has 0 aromatic heterocycles. The van der Waals surface area contributed by atoms with Crippen LogP contribution in [0.1, 0.15) is 64.7 Å². The van der Waals surface area contributed by atoms with Gasteiger partial charge in [-0.1, -0.05) is 74.0 Å². The van der Waals surface area contributed by atoms with E-state index in [2.05, 4.69) is 10.9 Å². The molecule has 0 radical (unpaired) electrons. The lowest BCUT2D eigenvalue weighted by Gasteiger charge is -2.45. The van der Waals surface area contributed by atoms with Gasteiger partial charge in [0.05, 0.1) is 11.8 Å². The molecular formula is C33H30ClN3O6. The summed E-state index contributed by atoms with van der Waals surface area (Å²) in [6, 6.07) is 20.7. The molecule has 2 N–H and O–H groups in total. The number of amides is 4. The second kappa shape index (κ2) is 11.3. The number of imide groups is 1. The lowest BCUT2D eigenvalue weighted by molar-refractivity contribution is -0.161. The van der Waals surface area contributed by atoms with E-state index in [9.17, 15) is 24.0 Å². The minimum Gasteiger partial charge on any atom is -0.454 e. The van der Waals surface area contributed by atoms with Crippen LogP contribution in [0.3, 0.4) is 0 Å². The Labute approximate surface area is 253 Å². The summed E-state index contributed by atoms with van der Waals surface area (Å²) in [6.07, 6.45) is 0.180. The summed E-state index contributed by atoms with van der Waals surface area (Å²) in [5, 5.41) is 0.458. The van der Waals surface area contributed by atoms with Gasteiger partial charge in [-0.25, -0.2) is 4.79 Å². The Morgan fingerprint density at radius 3 is 1.74 bits per heavy atom. The first-order valence-electron chi connectivity index (χ1n) is 14.2. The first-order chi connectivity index (χ1) is 20.7. The van der Waals surface area contributed by atoms with Crippen LogP contribution in [0.4, 0.5) is 0 Å². The van der Waals surface area contributed by atoms with Crippen molar-refractivity contribution in [2.45, 2.75) is 38.1 Å². The Kier molecular flexibility index (Phi) is 7.52. The standard InChI is InChI=1S/C33H30ClN3O6/c1-17(2)15-24(33(42)43-16-25(38)35-36-30(39)18-11-13-19(34)14-12-18)37-31(40)28-26-20-7-3-4-8-21(20)27(29(28)32(37)41)23-10-6-5-9-22(23)26/h3-14,17,24,26-29H,15-16H2,1-2H3,(H,35,38)(H,36,39)/t24-,26?,27?,28-,29+/m0/s1. The molecule has 2 bridgehead atoms. The third kappa shape index (κ3) is 4.97. The molecule has 7 rings (SSSR count). The van der Waals surface area contributed by atoms with Gasteiger partial charge < -0.3 is 4.74 Å². The molecule has 3 aromatic rings. The van der Waals surface area contributed by atoms with Gasteiger partial charge >= 0.3 is 5.97 Å². The van der Waals surface area contributed by atoms with Gasteiger partial charge in [-0.05, 0) is 58.9 Å². The van der Waals surface area contributed by atoms with Crippen molar-refractivity contribution < 1.29 is 28.7 Å². The molecule has 3 atom stereocenters. The quantitative estimate of drug-likeness (QED) is 0.241. The molecule has 43 heavy (non-hydrogen) atoms. The number of rotatable bonds is 7. The molecule has 10 heteroatoms. The van der Waals surface area contributed by atoms with E-state index >= 15 is 0 Å². The summed E-state index contributed by atoms with van der Waals surface area (Å²) in [5.41, 5.74) is 8.87. The van der Waals surface area contributed by atoms with E-state index in [0.29, 0.717) is 5.02 Å². The highest BCUT2D eigenvalue weighted by molar-refractivity contribution is 6.30. The minimum atomic E-state index is -1.19. The van der Waals surface area contributed by atoms with E-state index < -0.39 is 54.1 Å². The van der Waals surface area contributed by atoms with Gasteiger partial charge in [-0.15, -0.1) is 0 Å². The molecular weight excluding hydrogens is 570 g/mol. The predicted octanol–water partition coefficient (Wildman–Crippen LogP) is 3.95. The zero-order valence-corrected chi connectivity index (χ0v) is 24.3. The average Bonchev–Trinajstić information content (AvgIpc) is 3.27. The van der Waals surface area contributed by atoms with E-state index in [1.54, 1.807) is 0 Å². The molecule has 3 aromatic carbocycles. The third-order valence-corrected chi connectivity index (χ3v) is 8.78. The number of esters is 1. The van der Waals surface area contributed by atoms with Crippen molar-refractivity contribution in [2.24, 2.45) is 17.8 Å². The highest BCUT2D eigenvalue weighted by Crippen LogP contribution is 2.61.